The predicted molar refractivity (Wildman–Crippen MR) is 192 cm³/mol. The van der Waals surface area contributed by atoms with Gasteiger partial charge in [0.1, 0.15) is 0 Å². The van der Waals surface area contributed by atoms with E-state index >= 15 is 0 Å². The number of nitrogens with zero attached hydrogens (tertiary/aromatic N) is 6. The lowest BCUT2D eigenvalue weighted by Crippen LogP contribution is -2.46. The van der Waals surface area contributed by atoms with Gasteiger partial charge in [0.05, 0.1) is 35.5 Å². The fourth-order valence-corrected chi connectivity index (χ4v) is 7.30. The number of likely N-dealkylation sites (tertiary alicyclic amines) is 2. The van der Waals surface area contributed by atoms with Gasteiger partial charge in [0.15, 0.2) is 6.61 Å². The molecule has 2 aromatic carbocycles. The second-order valence-corrected chi connectivity index (χ2v) is 14.9. The number of piperidine rings is 2. The van der Waals surface area contributed by atoms with Gasteiger partial charge in [-0.3, -0.25) is 23.7 Å². The van der Waals surface area contributed by atoms with Crippen molar-refractivity contribution in [3.05, 3.63) is 59.9 Å². The zero-order chi connectivity index (χ0) is 38.8. The number of esters is 1. The molecular weight excluding hydrogens is 691 g/mol. The largest absolute Gasteiger partial charge is 0.449 e. The van der Waals surface area contributed by atoms with Crippen LogP contribution < -0.4 is 5.73 Å². The zero-order valence-electron chi connectivity index (χ0n) is 31.0. The van der Waals surface area contributed by atoms with E-state index in [-0.39, 0.29) is 30.6 Å². The van der Waals surface area contributed by atoms with E-state index in [0.717, 1.165) is 52.2 Å². The molecule has 15 heteroatoms. The standard InChI is InChI=1S/C20H24F3N3O3.C18H24N4O2/c1-12(2)26-17-7-5-14(8-15(17)9-24-26)16-6-4-13(3)10-25(16)18(27)19(28)29-11-20(21,22)23;1-11(2)22-16-7-5-13(8-14(16)9-20-22)15-6-4-12(3)10-21(15)18(24)17(19)23/h5,7-9,12-13,16H,4,6,10-11H2,1-3H3;5,7-9,11-12,15H,4,6,10H2,1-3H3,(H2,19,23)/t13-,16+;12-,15+/m00/s1. The van der Waals surface area contributed by atoms with Crippen LogP contribution in [0.4, 0.5) is 13.2 Å². The number of nitrogens with two attached hydrogens (primary N) is 1. The molecular formula is C38H48F3N7O5. The Bertz CT molecular complexity index is 1970. The molecule has 0 spiro atoms. The van der Waals surface area contributed by atoms with Gasteiger partial charge in [0.2, 0.25) is 0 Å². The number of hydrogen-bond acceptors (Lipinski definition) is 7. The first-order valence-corrected chi connectivity index (χ1v) is 18.0. The molecule has 12 nitrogen and oxygen atoms in total. The highest BCUT2D eigenvalue weighted by Gasteiger charge is 2.38. The van der Waals surface area contributed by atoms with Crippen molar-refractivity contribution in [2.75, 3.05) is 19.7 Å². The number of rotatable bonds is 5. The van der Waals surface area contributed by atoms with Crippen LogP contribution in [-0.4, -0.2) is 78.9 Å². The van der Waals surface area contributed by atoms with Gasteiger partial charge in [-0.05, 0) is 101 Å². The summed E-state index contributed by atoms with van der Waals surface area (Å²) in [7, 11) is 0. The van der Waals surface area contributed by atoms with Crippen LogP contribution in [0, 0.1) is 11.8 Å². The third-order valence-corrected chi connectivity index (χ3v) is 9.90. The van der Waals surface area contributed by atoms with Gasteiger partial charge >= 0.3 is 29.9 Å². The van der Waals surface area contributed by atoms with Crippen LogP contribution in [0.2, 0.25) is 0 Å². The molecule has 6 rings (SSSR count). The van der Waals surface area contributed by atoms with E-state index in [4.69, 9.17) is 5.73 Å². The minimum absolute atomic E-state index is 0.104. The molecule has 4 atom stereocenters. The van der Waals surface area contributed by atoms with Crippen LogP contribution in [0.5, 0.6) is 0 Å². The third kappa shape index (κ3) is 8.99. The van der Waals surface area contributed by atoms with E-state index < -0.39 is 42.5 Å². The normalized spacial score (nSPS) is 20.8. The maximum atomic E-state index is 12.6. The summed E-state index contributed by atoms with van der Waals surface area (Å²) >= 11 is 0. The second kappa shape index (κ2) is 16.0. The maximum absolute atomic E-state index is 12.6. The average Bonchev–Trinajstić information content (AvgIpc) is 3.74. The molecule has 0 radical (unpaired) electrons. The second-order valence-electron chi connectivity index (χ2n) is 14.9. The van der Waals surface area contributed by atoms with Crippen molar-refractivity contribution in [1.82, 2.24) is 29.4 Å². The lowest BCUT2D eigenvalue weighted by atomic mass is 9.89. The Hall–Kier alpha value is -4.95. The Morgan fingerprint density at radius 1 is 0.755 bits per heavy atom. The molecule has 0 bridgehead atoms. The molecule has 0 aliphatic carbocycles. The number of fused-ring (bicyclic) bond motifs is 2. The Morgan fingerprint density at radius 3 is 1.58 bits per heavy atom. The molecule has 0 saturated carbocycles. The Labute approximate surface area is 306 Å². The molecule has 4 aromatic rings. The highest BCUT2D eigenvalue weighted by molar-refractivity contribution is 6.34. The van der Waals surface area contributed by atoms with Gasteiger partial charge in [0, 0.05) is 35.9 Å². The summed E-state index contributed by atoms with van der Waals surface area (Å²) in [6.07, 6.45) is 2.24. The molecule has 4 heterocycles. The Morgan fingerprint density at radius 2 is 1.19 bits per heavy atom. The van der Waals surface area contributed by atoms with Gasteiger partial charge in [-0.15, -0.1) is 0 Å². The number of halogens is 3. The van der Waals surface area contributed by atoms with Gasteiger partial charge in [-0.25, -0.2) is 4.79 Å². The van der Waals surface area contributed by atoms with E-state index in [1.807, 2.05) is 66.7 Å². The summed E-state index contributed by atoms with van der Waals surface area (Å²) in [5.74, 6) is -3.48. The van der Waals surface area contributed by atoms with Crippen molar-refractivity contribution in [2.45, 2.75) is 97.6 Å². The third-order valence-electron chi connectivity index (χ3n) is 9.90. The number of carbonyl (C=O) groups excluding carboxylic acids is 4. The fourth-order valence-electron chi connectivity index (χ4n) is 7.30. The SMILES string of the molecule is CC(C)n1ncc2cc([C@H]3CC[C@H](C)CN3C(=O)C(=O)OCC(F)(F)F)ccc21.CC(C)n1ncc2cc([C@H]3CC[C@H](C)CN3C(=O)C(N)=O)ccc21. The summed E-state index contributed by atoms with van der Waals surface area (Å²) in [6.45, 7) is 11.3. The van der Waals surface area contributed by atoms with Gasteiger partial charge in [-0.2, -0.15) is 23.4 Å². The molecule has 2 fully saturated rings. The quantitative estimate of drug-likeness (QED) is 0.184. The fraction of sp³-hybridized carbons (Fsp3) is 0.526. The van der Waals surface area contributed by atoms with E-state index in [9.17, 15) is 32.3 Å². The summed E-state index contributed by atoms with van der Waals surface area (Å²) < 4.78 is 45.0. The zero-order valence-corrected chi connectivity index (χ0v) is 31.0. The molecule has 2 N–H and O–H groups in total. The monoisotopic (exact) mass is 739 g/mol. The average molecular weight is 740 g/mol. The van der Waals surface area contributed by atoms with Crippen molar-refractivity contribution in [3.63, 3.8) is 0 Å². The Kier molecular flexibility index (Phi) is 11.8. The first-order valence-electron chi connectivity index (χ1n) is 18.0. The van der Waals surface area contributed by atoms with Gasteiger partial charge < -0.3 is 20.3 Å². The van der Waals surface area contributed by atoms with Crippen molar-refractivity contribution in [3.8, 4) is 0 Å². The molecule has 0 unspecified atom stereocenters. The first kappa shape index (κ1) is 39.3. The topological polar surface area (TPSA) is 146 Å². The van der Waals surface area contributed by atoms with Crippen LogP contribution in [-0.2, 0) is 23.9 Å². The summed E-state index contributed by atoms with van der Waals surface area (Å²) in [5, 5.41) is 10.8. The number of hydrogen-bond donors (Lipinski definition) is 1. The summed E-state index contributed by atoms with van der Waals surface area (Å²) in [5.41, 5.74) is 9.12. The minimum atomic E-state index is -4.67. The number of ether oxygens (including phenoxy) is 1. The van der Waals surface area contributed by atoms with Gasteiger partial charge in [-0.1, -0.05) is 26.0 Å². The minimum Gasteiger partial charge on any atom is -0.449 e. The lowest BCUT2D eigenvalue weighted by molar-refractivity contribution is -0.190. The lowest BCUT2D eigenvalue weighted by Gasteiger charge is -2.38. The van der Waals surface area contributed by atoms with Crippen LogP contribution in [0.25, 0.3) is 21.8 Å². The number of alkyl halides is 3. The number of primary amides is 1. The number of carbonyl (C=O) groups is 4. The maximum Gasteiger partial charge on any atom is 0.422 e. The van der Waals surface area contributed by atoms with E-state index in [0.29, 0.717) is 18.9 Å². The van der Waals surface area contributed by atoms with Crippen LogP contribution in [0.1, 0.15) is 103 Å². The number of aromatic nitrogens is 4. The molecule has 286 valence electrons. The van der Waals surface area contributed by atoms with Crippen molar-refractivity contribution < 1.29 is 37.1 Å². The van der Waals surface area contributed by atoms with E-state index in [2.05, 4.69) is 41.8 Å². The van der Waals surface area contributed by atoms with E-state index in [1.165, 1.54) is 4.90 Å². The van der Waals surface area contributed by atoms with Gasteiger partial charge in [0.25, 0.3) is 0 Å². The van der Waals surface area contributed by atoms with Crippen LogP contribution in [0.3, 0.4) is 0 Å². The number of amides is 3. The van der Waals surface area contributed by atoms with Crippen molar-refractivity contribution >= 4 is 45.5 Å². The molecule has 2 aliphatic rings. The van der Waals surface area contributed by atoms with E-state index in [1.54, 1.807) is 11.1 Å². The summed E-state index contributed by atoms with van der Waals surface area (Å²) in [4.78, 5) is 51.1. The highest BCUT2D eigenvalue weighted by atomic mass is 19.4. The molecule has 3 amide bonds. The highest BCUT2D eigenvalue weighted by Crippen LogP contribution is 2.36. The summed E-state index contributed by atoms with van der Waals surface area (Å²) in [6, 6.07) is 11.8. The number of benzene rings is 2. The smallest absolute Gasteiger partial charge is 0.422 e. The predicted octanol–water partition coefficient (Wildman–Crippen LogP) is 6.42. The molecule has 2 aromatic heterocycles. The Balaban J connectivity index is 0.000000208. The molecule has 53 heavy (non-hydrogen) atoms. The van der Waals surface area contributed by atoms with Crippen molar-refractivity contribution in [1.29, 1.82) is 0 Å². The first-order chi connectivity index (χ1) is 24.9. The van der Waals surface area contributed by atoms with Crippen molar-refractivity contribution in [2.24, 2.45) is 17.6 Å². The molecule has 2 saturated heterocycles. The van der Waals surface area contributed by atoms with Crippen LogP contribution >= 0.6 is 0 Å². The molecule has 2 aliphatic heterocycles. The van der Waals surface area contributed by atoms with Crippen LogP contribution in [0.15, 0.2) is 48.8 Å².